The monoisotopic (exact) mass is 308 g/mol. The van der Waals surface area contributed by atoms with E-state index in [0.29, 0.717) is 0 Å². The summed E-state index contributed by atoms with van der Waals surface area (Å²) < 4.78 is 6.67. The van der Waals surface area contributed by atoms with Crippen LogP contribution in [0, 0.1) is 0 Å². The molecule has 0 unspecified atom stereocenters. The number of hydrogen-bond acceptors (Lipinski definition) is 2. The van der Waals surface area contributed by atoms with Crippen LogP contribution < -0.4 is 0 Å². The van der Waals surface area contributed by atoms with Gasteiger partial charge in [0.15, 0.2) is 8.32 Å². The SMILES string of the molecule is C[Si](C)(C)O[C@@]12c3ccccc3-c3cccc(c31)C=C[C@@H]2O. The van der Waals surface area contributed by atoms with E-state index >= 15 is 0 Å². The molecule has 4 rings (SSSR count). The van der Waals surface area contributed by atoms with Crippen molar-refractivity contribution in [2.75, 3.05) is 0 Å². The van der Waals surface area contributed by atoms with E-state index < -0.39 is 20.0 Å². The Balaban J connectivity index is 2.10. The van der Waals surface area contributed by atoms with Crippen LogP contribution in [0.25, 0.3) is 17.2 Å². The second kappa shape index (κ2) is 4.41. The number of aliphatic hydroxyl groups is 1. The van der Waals surface area contributed by atoms with Crippen LogP contribution in [0.5, 0.6) is 0 Å². The quantitative estimate of drug-likeness (QED) is 0.845. The van der Waals surface area contributed by atoms with E-state index in [1.165, 1.54) is 11.1 Å². The fourth-order valence-electron chi connectivity index (χ4n) is 3.81. The molecule has 0 bridgehead atoms. The minimum absolute atomic E-state index is 0.656. The van der Waals surface area contributed by atoms with E-state index in [2.05, 4.69) is 56.0 Å². The van der Waals surface area contributed by atoms with E-state index in [9.17, 15) is 5.11 Å². The van der Waals surface area contributed by atoms with E-state index in [0.717, 1.165) is 16.7 Å². The average molecular weight is 308 g/mol. The lowest BCUT2D eigenvalue weighted by Crippen LogP contribution is -2.49. The third-order valence-electron chi connectivity index (χ3n) is 4.43. The maximum absolute atomic E-state index is 10.9. The molecule has 112 valence electrons. The summed E-state index contributed by atoms with van der Waals surface area (Å²) in [6, 6.07) is 14.6. The summed E-state index contributed by atoms with van der Waals surface area (Å²) in [6.07, 6.45) is 3.23. The lowest BCUT2D eigenvalue weighted by molar-refractivity contribution is -0.00699. The lowest BCUT2D eigenvalue weighted by atomic mass is 9.80. The highest BCUT2D eigenvalue weighted by Crippen LogP contribution is 2.55. The molecule has 3 heteroatoms. The molecule has 2 aromatic rings. The maximum Gasteiger partial charge on any atom is 0.185 e. The van der Waals surface area contributed by atoms with Gasteiger partial charge in [0.2, 0.25) is 0 Å². The first kappa shape index (κ1) is 13.9. The van der Waals surface area contributed by atoms with Crippen LogP contribution in [0.15, 0.2) is 48.5 Å². The van der Waals surface area contributed by atoms with Crippen molar-refractivity contribution >= 4 is 14.4 Å². The van der Waals surface area contributed by atoms with Crippen LogP contribution in [0.3, 0.4) is 0 Å². The lowest BCUT2D eigenvalue weighted by Gasteiger charge is -2.42. The zero-order chi connectivity index (χ0) is 15.5. The van der Waals surface area contributed by atoms with Gasteiger partial charge in [-0.3, -0.25) is 0 Å². The van der Waals surface area contributed by atoms with Gasteiger partial charge in [0.05, 0.1) is 0 Å². The smallest absolute Gasteiger partial charge is 0.185 e. The third-order valence-corrected chi connectivity index (χ3v) is 5.36. The van der Waals surface area contributed by atoms with Gasteiger partial charge in [0, 0.05) is 5.56 Å². The molecule has 0 radical (unpaired) electrons. The zero-order valence-corrected chi connectivity index (χ0v) is 14.1. The van der Waals surface area contributed by atoms with Crippen molar-refractivity contribution < 1.29 is 9.53 Å². The molecule has 0 saturated carbocycles. The van der Waals surface area contributed by atoms with Crippen LogP contribution >= 0.6 is 0 Å². The van der Waals surface area contributed by atoms with Crippen molar-refractivity contribution in [3.05, 3.63) is 65.2 Å². The second-order valence-electron chi connectivity index (χ2n) is 7.07. The third kappa shape index (κ3) is 1.73. The number of hydrogen-bond donors (Lipinski definition) is 1. The molecule has 2 aliphatic carbocycles. The summed E-state index contributed by atoms with van der Waals surface area (Å²) in [7, 11) is -1.88. The highest BCUT2D eigenvalue weighted by atomic mass is 28.4. The first-order valence-electron chi connectivity index (χ1n) is 7.73. The van der Waals surface area contributed by atoms with Crippen molar-refractivity contribution in [3.63, 3.8) is 0 Å². The van der Waals surface area contributed by atoms with Crippen molar-refractivity contribution in [3.8, 4) is 11.1 Å². The van der Waals surface area contributed by atoms with E-state index in [1.807, 2.05) is 18.2 Å². The van der Waals surface area contributed by atoms with Gasteiger partial charge < -0.3 is 9.53 Å². The van der Waals surface area contributed by atoms with Gasteiger partial charge in [0.1, 0.15) is 11.7 Å². The molecule has 0 amide bonds. The summed E-state index contributed by atoms with van der Waals surface area (Å²) in [5.74, 6) is 0. The first-order valence-corrected chi connectivity index (χ1v) is 11.1. The van der Waals surface area contributed by atoms with E-state index in [4.69, 9.17) is 4.43 Å². The standard InChI is InChI=1S/C19H20O2Si/c1-22(2,3)21-19-16-10-5-4-8-14(16)15-9-6-7-13(18(15)19)11-12-17(19)20/h4-12,17,20H,1-3H3/t17-,19+/m0/s1. The van der Waals surface area contributed by atoms with Gasteiger partial charge >= 0.3 is 0 Å². The van der Waals surface area contributed by atoms with Crippen molar-refractivity contribution in [1.29, 1.82) is 0 Å². The molecule has 0 spiro atoms. The Morgan fingerprint density at radius 1 is 1.00 bits per heavy atom. The minimum Gasteiger partial charge on any atom is -0.401 e. The van der Waals surface area contributed by atoms with Gasteiger partial charge in [-0.2, -0.15) is 0 Å². The van der Waals surface area contributed by atoms with Gasteiger partial charge in [-0.15, -0.1) is 0 Å². The molecule has 2 aliphatic rings. The molecule has 0 heterocycles. The van der Waals surface area contributed by atoms with Crippen molar-refractivity contribution in [2.45, 2.75) is 31.3 Å². The van der Waals surface area contributed by atoms with Gasteiger partial charge in [-0.1, -0.05) is 54.6 Å². The fraction of sp³-hybridized carbons (Fsp3) is 0.263. The molecule has 22 heavy (non-hydrogen) atoms. The Morgan fingerprint density at radius 2 is 1.73 bits per heavy atom. The molecular formula is C19H20O2Si. The molecule has 2 aromatic carbocycles. The Kier molecular flexibility index (Phi) is 2.80. The number of aliphatic hydroxyl groups excluding tert-OH is 1. The number of benzene rings is 2. The molecular weight excluding hydrogens is 288 g/mol. The maximum atomic E-state index is 10.9. The summed E-state index contributed by atoms with van der Waals surface area (Å²) in [5, 5.41) is 10.9. The highest BCUT2D eigenvalue weighted by Gasteiger charge is 2.53. The second-order valence-corrected chi connectivity index (χ2v) is 11.5. The Morgan fingerprint density at radius 3 is 2.50 bits per heavy atom. The molecule has 2 nitrogen and oxygen atoms in total. The van der Waals surface area contributed by atoms with Gasteiger partial charge in [-0.05, 0) is 41.9 Å². The van der Waals surface area contributed by atoms with Crippen LogP contribution in [-0.4, -0.2) is 19.5 Å². The van der Waals surface area contributed by atoms with Gasteiger partial charge in [-0.25, -0.2) is 0 Å². The van der Waals surface area contributed by atoms with E-state index in [-0.39, 0.29) is 0 Å². The first-order chi connectivity index (χ1) is 10.4. The summed E-state index contributed by atoms with van der Waals surface area (Å²) >= 11 is 0. The molecule has 0 aromatic heterocycles. The number of rotatable bonds is 2. The molecule has 0 saturated heterocycles. The van der Waals surface area contributed by atoms with Crippen LogP contribution in [0.2, 0.25) is 19.6 Å². The fourth-order valence-corrected chi connectivity index (χ4v) is 5.11. The molecule has 1 N–H and O–H groups in total. The van der Waals surface area contributed by atoms with Crippen molar-refractivity contribution in [1.82, 2.24) is 0 Å². The topological polar surface area (TPSA) is 29.5 Å². The average Bonchev–Trinajstić information content (AvgIpc) is 2.75. The molecule has 2 atom stereocenters. The summed E-state index contributed by atoms with van der Waals surface area (Å²) in [4.78, 5) is 0. The summed E-state index contributed by atoms with van der Waals surface area (Å²) in [5.41, 5.74) is 5.00. The number of fused-ring (bicyclic) bond motifs is 3. The largest absolute Gasteiger partial charge is 0.401 e. The highest BCUT2D eigenvalue weighted by molar-refractivity contribution is 6.69. The minimum atomic E-state index is -1.88. The Labute approximate surface area is 132 Å². The molecule has 0 fully saturated rings. The van der Waals surface area contributed by atoms with Crippen LogP contribution in [0.1, 0.15) is 16.7 Å². The Hall–Kier alpha value is -1.68. The summed E-state index contributed by atoms with van der Waals surface area (Å²) in [6.45, 7) is 6.53. The predicted molar refractivity (Wildman–Crippen MR) is 92.1 cm³/mol. The normalized spacial score (nSPS) is 25.0. The molecule has 0 aliphatic heterocycles. The Bertz CT molecular complexity index is 788. The van der Waals surface area contributed by atoms with Gasteiger partial charge in [0.25, 0.3) is 0 Å². The van der Waals surface area contributed by atoms with Crippen molar-refractivity contribution in [2.24, 2.45) is 0 Å². The zero-order valence-electron chi connectivity index (χ0n) is 13.1. The predicted octanol–water partition coefficient (Wildman–Crippen LogP) is 4.15. The van der Waals surface area contributed by atoms with Crippen LogP contribution in [-0.2, 0) is 10.0 Å². The van der Waals surface area contributed by atoms with Crippen LogP contribution in [0.4, 0.5) is 0 Å². The van der Waals surface area contributed by atoms with E-state index in [1.54, 1.807) is 0 Å².